The molecule has 0 aliphatic carbocycles. The van der Waals surface area contributed by atoms with E-state index in [1.54, 1.807) is 6.08 Å². The van der Waals surface area contributed by atoms with Gasteiger partial charge in [-0.25, -0.2) is 0 Å². The van der Waals surface area contributed by atoms with Crippen LogP contribution in [0.5, 0.6) is 0 Å². The summed E-state index contributed by atoms with van der Waals surface area (Å²) in [6, 6.07) is -0.993. The fourth-order valence-corrected chi connectivity index (χ4v) is 13.8. The number of carbonyl (C=O) groups is 1. The lowest BCUT2D eigenvalue weighted by molar-refractivity contribution is -0.379. The molecule has 0 bridgehead atoms. The highest BCUT2D eigenvalue weighted by atomic mass is 16.8. The normalized spacial score (nSPS) is 26.3. The molecule has 17 atom stereocenters. The van der Waals surface area contributed by atoms with Crippen LogP contribution < -0.4 is 5.32 Å². The van der Waals surface area contributed by atoms with Crippen molar-refractivity contribution < 1.29 is 89.4 Å². The molecule has 3 heterocycles. The van der Waals surface area contributed by atoms with Gasteiger partial charge in [0.2, 0.25) is 5.91 Å². The summed E-state index contributed by atoms with van der Waals surface area (Å²) in [6.45, 7) is 1.64. The van der Waals surface area contributed by atoms with Gasteiger partial charge >= 0.3 is 0 Å². The minimum atomic E-state index is -1.98. The molecule has 604 valence electrons. The third kappa shape index (κ3) is 44.0. The number of nitrogens with one attached hydrogen (secondary N) is 1. The Morgan fingerprint density at radius 1 is 0.356 bits per heavy atom. The SMILES string of the molecule is CC/C=C\C/C=C\C/C=C\C/C=C\C/C=C\CCCCCCCCCCCCCCCCCCCCCCCC(=O)NC(COC1OC(CO)C(OC2OC(CO)C(OC3OC(CO)C(O)C(O)C3O)C(O)C2O)C(O)C1O)C(O)/C=C/CC/C=C/CCCCCCCCCCCCCCCCCC. The molecule has 0 saturated carbocycles. The van der Waals surface area contributed by atoms with Gasteiger partial charge in [-0.1, -0.05) is 317 Å². The van der Waals surface area contributed by atoms with E-state index in [0.29, 0.717) is 12.8 Å². The second kappa shape index (κ2) is 64.8. The van der Waals surface area contributed by atoms with Crippen molar-refractivity contribution in [2.45, 2.75) is 420 Å². The van der Waals surface area contributed by atoms with Crippen molar-refractivity contribution in [1.29, 1.82) is 0 Å². The van der Waals surface area contributed by atoms with Crippen molar-refractivity contribution in [3.63, 3.8) is 0 Å². The quantitative estimate of drug-likeness (QED) is 0.0199. The summed E-state index contributed by atoms with van der Waals surface area (Å²) in [6.07, 6.45) is 60.1. The Bertz CT molecular complexity index is 2210. The van der Waals surface area contributed by atoms with Crippen LogP contribution in [-0.4, -0.2) is 193 Å². The molecule has 17 unspecified atom stereocenters. The summed E-state index contributed by atoms with van der Waals surface area (Å²) in [7, 11) is 0. The van der Waals surface area contributed by atoms with Gasteiger partial charge in [0.1, 0.15) is 73.2 Å². The van der Waals surface area contributed by atoms with Crippen LogP contribution in [0.4, 0.5) is 0 Å². The molecule has 1 amide bonds. The first-order valence-electron chi connectivity index (χ1n) is 41.8. The number of amides is 1. The summed E-state index contributed by atoms with van der Waals surface area (Å²) < 4.78 is 34.5. The number of hydrogen-bond acceptors (Lipinski definition) is 18. The molecule has 3 fully saturated rings. The van der Waals surface area contributed by atoms with Crippen molar-refractivity contribution in [3.8, 4) is 0 Å². The standard InChI is InChI=1S/C85H151NO18/c1-3-5-7-9-11-13-15-17-19-21-23-25-27-28-29-30-31-32-33-34-35-36-37-38-39-40-41-43-45-47-49-51-53-55-57-59-61-63-73(91)86-68(69(90)62-60-58-56-54-52-50-48-46-44-42-26-24-22-20-18-16-14-12-10-8-6-4-2)67-99-83-79(97)76(94)81(71(65-88)101-83)104-85-80(98)77(95)82(72(66-89)102-85)103-84-78(96)75(93)74(92)70(64-87)100-84/h5,7,11,13,17,19,23,25,28-29,52,54,60,62,68-72,74-85,87-90,92-98H,3-4,6,8-10,12,14-16,18,20-22,24,26-27,30-51,53,55-59,61,63-67H2,1-2H3,(H,86,91)/b7-5-,13-11-,19-17-,25-23-,29-28-,54-52+,62-60+. The fraction of sp³-hybridized carbons (Fsp3) is 0.824. The lowest BCUT2D eigenvalue weighted by Gasteiger charge is -2.48. The second-order valence-electron chi connectivity index (χ2n) is 29.6. The van der Waals surface area contributed by atoms with Crippen molar-refractivity contribution in [3.05, 3.63) is 85.1 Å². The number of hydrogen-bond donors (Lipinski definition) is 12. The number of aliphatic hydroxyl groups is 11. The summed E-state index contributed by atoms with van der Waals surface area (Å²) in [4.78, 5) is 13.5. The van der Waals surface area contributed by atoms with Gasteiger partial charge in [0.05, 0.1) is 38.6 Å². The Morgan fingerprint density at radius 2 is 0.673 bits per heavy atom. The van der Waals surface area contributed by atoms with E-state index in [4.69, 9.17) is 28.4 Å². The van der Waals surface area contributed by atoms with E-state index in [9.17, 15) is 61.0 Å². The monoisotopic (exact) mass is 1470 g/mol. The summed E-state index contributed by atoms with van der Waals surface area (Å²) in [5.41, 5.74) is 0. The van der Waals surface area contributed by atoms with Gasteiger partial charge in [0.15, 0.2) is 18.9 Å². The molecule has 0 aromatic carbocycles. The minimum absolute atomic E-state index is 0.236. The fourth-order valence-electron chi connectivity index (χ4n) is 13.8. The molecule has 0 aromatic heterocycles. The van der Waals surface area contributed by atoms with E-state index < -0.39 is 124 Å². The van der Waals surface area contributed by atoms with Crippen LogP contribution >= 0.6 is 0 Å². The average molecular weight is 1480 g/mol. The molecule has 104 heavy (non-hydrogen) atoms. The van der Waals surface area contributed by atoms with Crippen LogP contribution in [0.2, 0.25) is 0 Å². The van der Waals surface area contributed by atoms with Gasteiger partial charge < -0.3 is 89.9 Å². The summed E-state index contributed by atoms with van der Waals surface area (Å²) >= 11 is 0. The van der Waals surface area contributed by atoms with Crippen LogP contribution in [0.3, 0.4) is 0 Å². The van der Waals surface area contributed by atoms with Crippen LogP contribution in [0.25, 0.3) is 0 Å². The zero-order chi connectivity index (χ0) is 75.3. The molecule has 19 nitrogen and oxygen atoms in total. The molecular weight excluding hydrogens is 1320 g/mol. The number of unbranched alkanes of at least 4 members (excludes halogenated alkanes) is 38. The van der Waals surface area contributed by atoms with E-state index in [0.717, 1.165) is 70.6 Å². The molecule has 3 aliphatic heterocycles. The van der Waals surface area contributed by atoms with Gasteiger partial charge in [-0.2, -0.15) is 0 Å². The molecule has 19 heteroatoms. The lowest BCUT2D eigenvalue weighted by atomic mass is 9.96. The van der Waals surface area contributed by atoms with E-state index in [1.807, 2.05) is 6.08 Å². The molecule has 0 spiro atoms. The predicted molar refractivity (Wildman–Crippen MR) is 415 cm³/mol. The van der Waals surface area contributed by atoms with E-state index in [-0.39, 0.29) is 18.9 Å². The first-order chi connectivity index (χ1) is 50.8. The lowest BCUT2D eigenvalue weighted by Crippen LogP contribution is -2.66. The third-order valence-electron chi connectivity index (χ3n) is 20.4. The number of rotatable bonds is 66. The van der Waals surface area contributed by atoms with Crippen LogP contribution in [-0.2, 0) is 33.2 Å². The highest BCUT2D eigenvalue weighted by Crippen LogP contribution is 2.33. The van der Waals surface area contributed by atoms with Crippen molar-refractivity contribution in [1.82, 2.24) is 5.32 Å². The predicted octanol–water partition coefficient (Wildman–Crippen LogP) is 14.6. The van der Waals surface area contributed by atoms with E-state index in [2.05, 4.69) is 92.1 Å². The maximum Gasteiger partial charge on any atom is 0.220 e. The molecule has 12 N–H and O–H groups in total. The Labute approximate surface area is 629 Å². The van der Waals surface area contributed by atoms with Crippen molar-refractivity contribution >= 4 is 5.91 Å². The van der Waals surface area contributed by atoms with Gasteiger partial charge in [-0.05, 0) is 77.0 Å². The third-order valence-corrected chi connectivity index (χ3v) is 20.4. The first kappa shape index (κ1) is 95.2. The number of ether oxygens (including phenoxy) is 6. The Kier molecular flexibility index (Phi) is 59.3. The highest BCUT2D eigenvalue weighted by Gasteiger charge is 2.54. The molecular formula is C85H151NO18. The van der Waals surface area contributed by atoms with Gasteiger partial charge in [0, 0.05) is 6.42 Å². The molecule has 3 aliphatic rings. The molecule has 0 aromatic rings. The van der Waals surface area contributed by atoms with Crippen LogP contribution in [0.15, 0.2) is 85.1 Å². The zero-order valence-electron chi connectivity index (χ0n) is 64.7. The van der Waals surface area contributed by atoms with Crippen molar-refractivity contribution in [2.75, 3.05) is 26.4 Å². The summed E-state index contributed by atoms with van der Waals surface area (Å²) in [5, 5.41) is 121. The van der Waals surface area contributed by atoms with Gasteiger partial charge in [-0.3, -0.25) is 4.79 Å². The molecule has 3 rings (SSSR count). The smallest absolute Gasteiger partial charge is 0.220 e. The Morgan fingerprint density at radius 3 is 1.08 bits per heavy atom. The van der Waals surface area contributed by atoms with E-state index >= 15 is 0 Å². The number of allylic oxidation sites excluding steroid dienone is 13. The number of carbonyl (C=O) groups excluding carboxylic acids is 1. The van der Waals surface area contributed by atoms with E-state index in [1.165, 1.54) is 212 Å². The maximum atomic E-state index is 13.5. The topological polar surface area (TPSA) is 307 Å². The Balaban J connectivity index is 1.34. The van der Waals surface area contributed by atoms with Gasteiger partial charge in [0.25, 0.3) is 0 Å². The highest BCUT2D eigenvalue weighted by molar-refractivity contribution is 5.76. The zero-order valence-corrected chi connectivity index (χ0v) is 64.7. The molecule has 0 radical (unpaired) electrons. The van der Waals surface area contributed by atoms with Crippen LogP contribution in [0.1, 0.15) is 316 Å². The molecule has 3 saturated heterocycles. The largest absolute Gasteiger partial charge is 0.394 e. The first-order valence-corrected chi connectivity index (χ1v) is 41.8. The average Bonchev–Trinajstić information content (AvgIpc) is 0.783. The Hall–Kier alpha value is -3.03. The second-order valence-corrected chi connectivity index (χ2v) is 29.6. The number of aliphatic hydroxyl groups excluding tert-OH is 11. The van der Waals surface area contributed by atoms with Crippen molar-refractivity contribution in [2.24, 2.45) is 0 Å². The minimum Gasteiger partial charge on any atom is -0.394 e. The van der Waals surface area contributed by atoms with Crippen LogP contribution in [0, 0.1) is 0 Å². The maximum absolute atomic E-state index is 13.5. The van der Waals surface area contributed by atoms with Gasteiger partial charge in [-0.15, -0.1) is 0 Å². The summed E-state index contributed by atoms with van der Waals surface area (Å²) in [5.74, 6) is -0.282.